The summed E-state index contributed by atoms with van der Waals surface area (Å²) in [6.45, 7) is 0. The van der Waals surface area contributed by atoms with Crippen LogP contribution < -0.4 is 15.8 Å². The van der Waals surface area contributed by atoms with Crippen molar-refractivity contribution >= 4 is 11.8 Å². The Morgan fingerprint density at radius 2 is 2.05 bits per heavy atom. The Hall–Kier alpha value is -1.75. The predicted octanol–water partition coefficient (Wildman–Crippen LogP) is 2.51. The summed E-state index contributed by atoms with van der Waals surface area (Å²) in [7, 11) is 1.56. The van der Waals surface area contributed by atoms with E-state index in [4.69, 9.17) is 15.2 Å². The van der Waals surface area contributed by atoms with Crippen LogP contribution in [0.5, 0.6) is 5.75 Å². The van der Waals surface area contributed by atoms with Crippen LogP contribution in [-0.4, -0.2) is 25.3 Å². The molecule has 1 aliphatic carbocycles. The zero-order valence-corrected chi connectivity index (χ0v) is 11.1. The summed E-state index contributed by atoms with van der Waals surface area (Å²) in [5, 5.41) is 2.69. The molecule has 5 nitrogen and oxygen atoms in total. The highest BCUT2D eigenvalue weighted by atomic mass is 16.6. The Balaban J connectivity index is 1.93. The van der Waals surface area contributed by atoms with Crippen LogP contribution in [0, 0.1) is 0 Å². The first kappa shape index (κ1) is 13.7. The maximum Gasteiger partial charge on any atom is 0.412 e. The number of hydrogen-bond donors (Lipinski definition) is 2. The summed E-state index contributed by atoms with van der Waals surface area (Å²) < 4.78 is 10.5. The van der Waals surface area contributed by atoms with Crippen molar-refractivity contribution in [3.8, 4) is 5.75 Å². The lowest BCUT2D eigenvalue weighted by molar-refractivity contribution is 0.0728. The number of nitrogens with two attached hydrogens (primary N) is 1. The topological polar surface area (TPSA) is 73.6 Å². The summed E-state index contributed by atoms with van der Waals surface area (Å²) in [6.07, 6.45) is 3.23. The second kappa shape index (κ2) is 6.43. The Morgan fingerprint density at radius 1 is 1.32 bits per heavy atom. The zero-order chi connectivity index (χ0) is 13.7. The van der Waals surface area contributed by atoms with Crippen LogP contribution in [-0.2, 0) is 4.74 Å². The molecule has 1 amide bonds. The highest BCUT2D eigenvalue weighted by molar-refractivity contribution is 5.86. The minimum Gasteiger partial charge on any atom is -0.495 e. The molecule has 0 aliphatic heterocycles. The van der Waals surface area contributed by atoms with E-state index in [1.807, 2.05) is 12.1 Å². The summed E-state index contributed by atoms with van der Waals surface area (Å²) >= 11 is 0. The van der Waals surface area contributed by atoms with Gasteiger partial charge in [-0.15, -0.1) is 0 Å². The van der Waals surface area contributed by atoms with Crippen LogP contribution in [0.3, 0.4) is 0 Å². The van der Waals surface area contributed by atoms with E-state index in [-0.39, 0.29) is 12.1 Å². The summed E-state index contributed by atoms with van der Waals surface area (Å²) in [4.78, 5) is 11.8. The van der Waals surface area contributed by atoms with Crippen LogP contribution in [0.1, 0.15) is 25.7 Å². The number of rotatable bonds is 3. The quantitative estimate of drug-likeness (QED) is 0.879. The molecule has 0 spiro atoms. The van der Waals surface area contributed by atoms with E-state index in [1.165, 1.54) is 0 Å². The SMILES string of the molecule is COc1ccccc1NC(=O)OC1CCCCC1N. The molecule has 1 aromatic carbocycles. The van der Waals surface area contributed by atoms with Crippen molar-refractivity contribution in [3.63, 3.8) is 0 Å². The fourth-order valence-electron chi connectivity index (χ4n) is 2.30. The van der Waals surface area contributed by atoms with Crippen molar-refractivity contribution < 1.29 is 14.3 Å². The van der Waals surface area contributed by atoms with Crippen molar-refractivity contribution in [1.29, 1.82) is 0 Å². The Labute approximate surface area is 113 Å². The van der Waals surface area contributed by atoms with Gasteiger partial charge in [0, 0.05) is 6.04 Å². The van der Waals surface area contributed by atoms with Crippen molar-refractivity contribution in [2.75, 3.05) is 12.4 Å². The summed E-state index contributed by atoms with van der Waals surface area (Å²) in [5.41, 5.74) is 6.54. The molecular weight excluding hydrogens is 244 g/mol. The molecule has 1 fully saturated rings. The van der Waals surface area contributed by atoms with E-state index in [9.17, 15) is 4.79 Å². The third-order valence-electron chi connectivity index (χ3n) is 3.36. The normalized spacial score (nSPS) is 22.6. The number of benzene rings is 1. The molecule has 1 aromatic rings. The maximum absolute atomic E-state index is 11.8. The van der Waals surface area contributed by atoms with Gasteiger partial charge in [-0.05, 0) is 31.4 Å². The molecule has 104 valence electrons. The van der Waals surface area contributed by atoms with Crippen LogP contribution in [0.25, 0.3) is 0 Å². The molecular formula is C14H20N2O3. The molecule has 0 bridgehead atoms. The lowest BCUT2D eigenvalue weighted by Gasteiger charge is -2.28. The number of nitrogens with one attached hydrogen (secondary N) is 1. The molecule has 19 heavy (non-hydrogen) atoms. The van der Waals surface area contributed by atoms with Gasteiger partial charge in [0.2, 0.25) is 0 Å². The summed E-state index contributed by atoms with van der Waals surface area (Å²) in [6, 6.07) is 7.15. The highest BCUT2D eigenvalue weighted by Crippen LogP contribution is 2.24. The lowest BCUT2D eigenvalue weighted by atomic mass is 9.93. The maximum atomic E-state index is 11.8. The minimum absolute atomic E-state index is 0.0582. The van der Waals surface area contributed by atoms with Gasteiger partial charge in [0.05, 0.1) is 12.8 Å². The Bertz CT molecular complexity index is 436. The second-order valence-corrected chi connectivity index (χ2v) is 4.72. The molecule has 0 aromatic heterocycles. The van der Waals surface area contributed by atoms with Crippen LogP contribution >= 0.6 is 0 Å². The molecule has 1 saturated carbocycles. The minimum atomic E-state index is -0.480. The third-order valence-corrected chi connectivity index (χ3v) is 3.36. The van der Waals surface area contributed by atoms with Gasteiger partial charge in [0.1, 0.15) is 11.9 Å². The molecule has 2 atom stereocenters. The third kappa shape index (κ3) is 3.61. The van der Waals surface area contributed by atoms with Crippen molar-refractivity contribution in [2.24, 2.45) is 5.73 Å². The van der Waals surface area contributed by atoms with Gasteiger partial charge >= 0.3 is 6.09 Å². The average molecular weight is 264 g/mol. The first-order valence-corrected chi connectivity index (χ1v) is 6.57. The van der Waals surface area contributed by atoms with Gasteiger partial charge in [-0.2, -0.15) is 0 Å². The molecule has 0 radical (unpaired) electrons. The van der Waals surface area contributed by atoms with Gasteiger partial charge in [0.25, 0.3) is 0 Å². The lowest BCUT2D eigenvalue weighted by Crippen LogP contribution is -2.41. The van der Waals surface area contributed by atoms with Gasteiger partial charge < -0.3 is 15.2 Å². The first-order chi connectivity index (χ1) is 9.20. The van der Waals surface area contributed by atoms with E-state index >= 15 is 0 Å². The van der Waals surface area contributed by atoms with Crippen molar-refractivity contribution in [2.45, 2.75) is 37.8 Å². The first-order valence-electron chi connectivity index (χ1n) is 6.57. The van der Waals surface area contributed by atoms with Gasteiger partial charge in [-0.1, -0.05) is 18.6 Å². The zero-order valence-electron chi connectivity index (χ0n) is 11.1. The van der Waals surface area contributed by atoms with Crippen LogP contribution in [0.2, 0.25) is 0 Å². The summed E-state index contributed by atoms with van der Waals surface area (Å²) in [5.74, 6) is 0.604. The van der Waals surface area contributed by atoms with Crippen LogP contribution in [0.4, 0.5) is 10.5 Å². The number of para-hydroxylation sites is 2. The largest absolute Gasteiger partial charge is 0.495 e. The van der Waals surface area contributed by atoms with Gasteiger partial charge in [-0.25, -0.2) is 4.79 Å². The van der Waals surface area contributed by atoms with Crippen LogP contribution in [0.15, 0.2) is 24.3 Å². The fourth-order valence-corrected chi connectivity index (χ4v) is 2.30. The number of carbonyl (C=O) groups is 1. The smallest absolute Gasteiger partial charge is 0.412 e. The number of methoxy groups -OCH3 is 1. The molecule has 5 heteroatoms. The molecule has 0 saturated heterocycles. The number of anilines is 1. The predicted molar refractivity (Wildman–Crippen MR) is 73.3 cm³/mol. The fraction of sp³-hybridized carbons (Fsp3) is 0.500. The Morgan fingerprint density at radius 3 is 2.79 bits per heavy atom. The average Bonchev–Trinajstić information content (AvgIpc) is 2.42. The van der Waals surface area contributed by atoms with Crippen molar-refractivity contribution in [3.05, 3.63) is 24.3 Å². The monoisotopic (exact) mass is 264 g/mol. The van der Waals surface area contributed by atoms with Crippen molar-refractivity contribution in [1.82, 2.24) is 0 Å². The van der Waals surface area contributed by atoms with E-state index in [0.29, 0.717) is 11.4 Å². The number of hydrogen-bond acceptors (Lipinski definition) is 4. The van der Waals surface area contributed by atoms with Gasteiger partial charge in [-0.3, -0.25) is 5.32 Å². The Kier molecular flexibility index (Phi) is 4.63. The second-order valence-electron chi connectivity index (χ2n) is 4.72. The number of amides is 1. The molecule has 1 aliphatic rings. The van der Waals surface area contributed by atoms with E-state index < -0.39 is 6.09 Å². The highest BCUT2D eigenvalue weighted by Gasteiger charge is 2.25. The van der Waals surface area contributed by atoms with E-state index in [2.05, 4.69) is 5.32 Å². The molecule has 2 unspecified atom stereocenters. The molecule has 3 N–H and O–H groups in total. The number of carbonyl (C=O) groups excluding carboxylic acids is 1. The molecule has 2 rings (SSSR count). The van der Waals surface area contributed by atoms with E-state index in [0.717, 1.165) is 25.7 Å². The molecule has 0 heterocycles. The number of ether oxygens (including phenoxy) is 2. The van der Waals surface area contributed by atoms with E-state index in [1.54, 1.807) is 19.2 Å². The van der Waals surface area contributed by atoms with Gasteiger partial charge in [0.15, 0.2) is 0 Å². The standard InChI is InChI=1S/C14H20N2O3/c1-18-13-9-5-3-7-11(13)16-14(17)19-12-8-4-2-6-10(12)15/h3,5,7,9-10,12H,2,4,6,8,15H2,1H3,(H,16,17).